The summed E-state index contributed by atoms with van der Waals surface area (Å²) in [4.78, 5) is 0. The quantitative estimate of drug-likeness (QED) is 0.404. The topological polar surface area (TPSA) is 9.23 Å². The van der Waals surface area contributed by atoms with Gasteiger partial charge >= 0.3 is 6.36 Å². The van der Waals surface area contributed by atoms with Gasteiger partial charge in [-0.3, -0.25) is 4.39 Å². The van der Waals surface area contributed by atoms with Gasteiger partial charge in [-0.05, 0) is 74.5 Å². The van der Waals surface area contributed by atoms with Crippen molar-refractivity contribution in [3.8, 4) is 5.75 Å². The molecule has 0 atom stereocenters. The molecule has 0 N–H and O–H groups in total. The third-order valence-corrected chi connectivity index (χ3v) is 4.64. The maximum absolute atomic E-state index is 13.7. The van der Waals surface area contributed by atoms with Gasteiger partial charge in [0.05, 0.1) is 6.67 Å². The summed E-state index contributed by atoms with van der Waals surface area (Å²) in [5.74, 6) is -0.729. The summed E-state index contributed by atoms with van der Waals surface area (Å²) in [5, 5.41) is 0. The molecule has 0 aromatic heterocycles. The van der Waals surface area contributed by atoms with Gasteiger partial charge < -0.3 is 4.74 Å². The lowest BCUT2D eigenvalue weighted by Crippen LogP contribution is -2.18. The first kappa shape index (κ1) is 19.7. The molecule has 0 aliphatic heterocycles. The molecule has 1 nitrogen and oxygen atoms in total. The van der Waals surface area contributed by atoms with Gasteiger partial charge in [0.1, 0.15) is 0 Å². The van der Waals surface area contributed by atoms with Crippen molar-refractivity contribution < 1.29 is 26.7 Å². The normalized spacial score (nSPS) is 21.6. The number of hydrogen-bond donors (Lipinski definition) is 0. The first-order chi connectivity index (χ1) is 11.9. The molecular weight excluding hydrogens is 339 g/mol. The van der Waals surface area contributed by atoms with Gasteiger partial charge in [0, 0.05) is 0 Å². The summed E-state index contributed by atoms with van der Waals surface area (Å²) >= 11 is 0. The number of allylic oxidation sites excluding steroid dienone is 2. The molecule has 0 bridgehead atoms. The van der Waals surface area contributed by atoms with Gasteiger partial charge in [0.15, 0.2) is 11.6 Å². The van der Waals surface area contributed by atoms with Crippen LogP contribution < -0.4 is 4.74 Å². The van der Waals surface area contributed by atoms with Gasteiger partial charge in [-0.15, -0.1) is 13.2 Å². The van der Waals surface area contributed by atoms with Gasteiger partial charge in [-0.1, -0.05) is 18.2 Å². The number of alkyl halides is 4. The number of ether oxygens (including phenoxy) is 1. The van der Waals surface area contributed by atoms with Crippen molar-refractivity contribution in [3.63, 3.8) is 0 Å². The van der Waals surface area contributed by atoms with E-state index in [-0.39, 0.29) is 6.67 Å². The monoisotopic (exact) mass is 362 g/mol. The lowest BCUT2D eigenvalue weighted by molar-refractivity contribution is -0.275. The molecule has 1 aliphatic rings. The van der Waals surface area contributed by atoms with Crippen LogP contribution in [0.25, 0.3) is 0 Å². The van der Waals surface area contributed by atoms with Crippen molar-refractivity contribution in [2.75, 3.05) is 6.67 Å². The molecule has 6 heteroatoms. The molecule has 0 radical (unpaired) electrons. The van der Waals surface area contributed by atoms with E-state index in [1.165, 1.54) is 6.07 Å². The Kier molecular flexibility index (Phi) is 7.26. The van der Waals surface area contributed by atoms with Gasteiger partial charge in [0.25, 0.3) is 0 Å². The van der Waals surface area contributed by atoms with Crippen LogP contribution in [0.15, 0.2) is 30.4 Å². The number of aryl methyl sites for hydroxylation is 1. The van der Waals surface area contributed by atoms with Gasteiger partial charge in [-0.25, -0.2) is 4.39 Å². The van der Waals surface area contributed by atoms with E-state index in [1.807, 2.05) is 6.08 Å². The Hall–Kier alpha value is -1.59. The number of benzene rings is 1. The van der Waals surface area contributed by atoms with Crippen LogP contribution in [0.2, 0.25) is 0 Å². The van der Waals surface area contributed by atoms with Crippen LogP contribution in [0.3, 0.4) is 0 Å². The minimum Gasteiger partial charge on any atom is -0.403 e. The standard InChI is InChI=1S/C19H23F5O/c20-12-2-1-3-14-4-6-15(7-5-14)8-9-16-10-11-18(17(21)13-16)25-19(22,23)24/h1,3,10-11,13-15H,2,4-9,12H2/t14-,15-. The average molecular weight is 362 g/mol. The van der Waals surface area contributed by atoms with Crippen LogP contribution in [0.4, 0.5) is 22.0 Å². The zero-order valence-corrected chi connectivity index (χ0v) is 14.0. The highest BCUT2D eigenvalue weighted by Gasteiger charge is 2.32. The summed E-state index contributed by atoms with van der Waals surface area (Å²) in [5.41, 5.74) is 0.678. The zero-order chi connectivity index (χ0) is 18.3. The molecule has 0 saturated heterocycles. The Labute approximate surface area is 144 Å². The summed E-state index contributed by atoms with van der Waals surface area (Å²) < 4.78 is 65.8. The second kappa shape index (κ2) is 9.20. The molecule has 25 heavy (non-hydrogen) atoms. The lowest BCUT2D eigenvalue weighted by Gasteiger charge is -2.26. The second-order valence-corrected chi connectivity index (χ2v) is 6.54. The van der Waals surface area contributed by atoms with Crippen LogP contribution in [0, 0.1) is 17.7 Å². The fraction of sp³-hybridized carbons (Fsp3) is 0.579. The maximum Gasteiger partial charge on any atom is 0.573 e. The van der Waals surface area contributed by atoms with E-state index in [9.17, 15) is 22.0 Å². The first-order valence-electron chi connectivity index (χ1n) is 8.64. The lowest BCUT2D eigenvalue weighted by atomic mass is 9.79. The molecule has 1 aromatic rings. The van der Waals surface area contributed by atoms with Crippen molar-refractivity contribution in [1.82, 2.24) is 0 Å². The van der Waals surface area contributed by atoms with Crippen LogP contribution in [0.1, 0.15) is 44.1 Å². The highest BCUT2D eigenvalue weighted by atomic mass is 19.4. The molecule has 1 aromatic carbocycles. The Morgan fingerprint density at radius 1 is 1.12 bits per heavy atom. The molecular formula is C19H23F5O. The third kappa shape index (κ3) is 7.04. The molecule has 0 unspecified atom stereocenters. The smallest absolute Gasteiger partial charge is 0.403 e. The highest BCUT2D eigenvalue weighted by molar-refractivity contribution is 5.29. The largest absolute Gasteiger partial charge is 0.573 e. The Bertz CT molecular complexity index is 559. The molecule has 1 saturated carbocycles. The van der Waals surface area contributed by atoms with Crippen LogP contribution in [-0.2, 0) is 6.42 Å². The fourth-order valence-electron chi connectivity index (χ4n) is 3.30. The predicted molar refractivity (Wildman–Crippen MR) is 86.6 cm³/mol. The van der Waals surface area contributed by atoms with E-state index in [0.717, 1.165) is 44.2 Å². The molecule has 2 rings (SSSR count). The summed E-state index contributed by atoms with van der Waals surface area (Å²) in [6, 6.07) is 3.63. The van der Waals surface area contributed by atoms with Crippen LogP contribution in [-0.4, -0.2) is 13.0 Å². The molecule has 140 valence electrons. The average Bonchev–Trinajstić information content (AvgIpc) is 2.55. The second-order valence-electron chi connectivity index (χ2n) is 6.54. The number of halogens is 5. The van der Waals surface area contributed by atoms with Gasteiger partial charge in [0.2, 0.25) is 0 Å². The molecule has 0 amide bonds. The third-order valence-electron chi connectivity index (χ3n) is 4.64. The SMILES string of the molecule is FCCC=C[C@H]1CC[C@H](CCc2ccc(OC(F)(F)F)c(F)c2)CC1. The van der Waals surface area contributed by atoms with E-state index in [2.05, 4.69) is 10.8 Å². The van der Waals surface area contributed by atoms with Gasteiger partial charge in [-0.2, -0.15) is 0 Å². The van der Waals surface area contributed by atoms with Crippen molar-refractivity contribution in [1.29, 1.82) is 0 Å². The van der Waals surface area contributed by atoms with Crippen molar-refractivity contribution in [3.05, 3.63) is 41.7 Å². The van der Waals surface area contributed by atoms with E-state index < -0.39 is 17.9 Å². The minimum absolute atomic E-state index is 0.324. The van der Waals surface area contributed by atoms with E-state index in [0.29, 0.717) is 30.2 Å². The van der Waals surface area contributed by atoms with E-state index in [1.54, 1.807) is 0 Å². The van der Waals surface area contributed by atoms with Crippen molar-refractivity contribution in [2.45, 2.75) is 51.3 Å². The number of hydrogen-bond acceptors (Lipinski definition) is 1. The van der Waals surface area contributed by atoms with Crippen molar-refractivity contribution in [2.24, 2.45) is 11.8 Å². The van der Waals surface area contributed by atoms with E-state index >= 15 is 0 Å². The molecule has 0 spiro atoms. The zero-order valence-electron chi connectivity index (χ0n) is 14.0. The highest BCUT2D eigenvalue weighted by Crippen LogP contribution is 2.33. The Morgan fingerprint density at radius 2 is 1.84 bits per heavy atom. The van der Waals surface area contributed by atoms with Crippen molar-refractivity contribution >= 4 is 0 Å². The molecule has 0 heterocycles. The maximum atomic E-state index is 13.7. The van der Waals surface area contributed by atoms with E-state index in [4.69, 9.17) is 0 Å². The van der Waals surface area contributed by atoms with Crippen LogP contribution in [0.5, 0.6) is 5.75 Å². The fourth-order valence-corrected chi connectivity index (χ4v) is 3.30. The Morgan fingerprint density at radius 3 is 2.44 bits per heavy atom. The summed E-state index contributed by atoms with van der Waals surface area (Å²) in [7, 11) is 0. The molecule has 1 fully saturated rings. The number of rotatable bonds is 7. The first-order valence-corrected chi connectivity index (χ1v) is 8.64. The predicted octanol–water partition coefficient (Wildman–Crippen LogP) is 6.38. The van der Waals surface area contributed by atoms with Crippen LogP contribution >= 0.6 is 0 Å². The minimum atomic E-state index is -4.89. The summed E-state index contributed by atoms with van der Waals surface area (Å²) in [6.45, 7) is -0.324. The Balaban J connectivity index is 1.78. The molecule has 1 aliphatic carbocycles. The summed E-state index contributed by atoms with van der Waals surface area (Å²) in [6.07, 6.45) is 5.39.